The van der Waals surface area contributed by atoms with Crippen LogP contribution in [0.1, 0.15) is 38.2 Å². The van der Waals surface area contributed by atoms with Gasteiger partial charge in [0.05, 0.1) is 0 Å². The summed E-state index contributed by atoms with van der Waals surface area (Å²) in [4.78, 5) is 28.8. The second-order valence-electron chi connectivity index (χ2n) is 7.21. The molecule has 1 atom stereocenters. The van der Waals surface area contributed by atoms with E-state index >= 15 is 0 Å². The molecule has 1 aliphatic carbocycles. The van der Waals surface area contributed by atoms with Gasteiger partial charge in [-0.25, -0.2) is 0 Å². The molecule has 0 spiro atoms. The molecule has 1 saturated carbocycles. The summed E-state index contributed by atoms with van der Waals surface area (Å²) in [6.07, 6.45) is 3.88. The molecule has 1 saturated heterocycles. The van der Waals surface area contributed by atoms with E-state index in [1.165, 1.54) is 12.8 Å². The van der Waals surface area contributed by atoms with Gasteiger partial charge in [0.25, 0.3) is 5.91 Å². The molecule has 1 aromatic rings. The van der Waals surface area contributed by atoms with Gasteiger partial charge in [0.1, 0.15) is 5.75 Å². The zero-order valence-corrected chi connectivity index (χ0v) is 15.2. The molecule has 1 aliphatic heterocycles. The van der Waals surface area contributed by atoms with Crippen molar-refractivity contribution >= 4 is 11.8 Å². The number of hydrogen-bond donors (Lipinski definition) is 0. The topological polar surface area (TPSA) is 49.9 Å². The molecule has 0 N–H and O–H groups in total. The zero-order chi connectivity index (χ0) is 17.8. The van der Waals surface area contributed by atoms with Crippen molar-refractivity contribution in [2.75, 3.05) is 26.2 Å². The van der Waals surface area contributed by atoms with Crippen LogP contribution in [0, 0.1) is 12.8 Å². The van der Waals surface area contributed by atoms with E-state index in [9.17, 15) is 9.59 Å². The molecule has 5 nitrogen and oxygen atoms in total. The molecule has 136 valence electrons. The Labute approximate surface area is 149 Å². The Bertz CT molecular complexity index is 600. The van der Waals surface area contributed by atoms with Crippen LogP contribution in [0.3, 0.4) is 0 Å². The van der Waals surface area contributed by atoms with Crippen molar-refractivity contribution in [3.05, 3.63) is 29.8 Å². The first-order valence-corrected chi connectivity index (χ1v) is 9.35. The van der Waals surface area contributed by atoms with Gasteiger partial charge in [-0.1, -0.05) is 30.5 Å². The van der Waals surface area contributed by atoms with Crippen LogP contribution in [0.4, 0.5) is 0 Å². The van der Waals surface area contributed by atoms with E-state index < -0.39 is 6.10 Å². The Morgan fingerprint density at radius 3 is 2.16 bits per heavy atom. The Morgan fingerprint density at radius 2 is 1.56 bits per heavy atom. The van der Waals surface area contributed by atoms with Crippen molar-refractivity contribution in [3.63, 3.8) is 0 Å². The molecule has 2 amide bonds. The second kappa shape index (κ2) is 7.89. The van der Waals surface area contributed by atoms with Crippen LogP contribution in [0.2, 0.25) is 0 Å². The van der Waals surface area contributed by atoms with Crippen LogP contribution in [0.5, 0.6) is 5.75 Å². The summed E-state index contributed by atoms with van der Waals surface area (Å²) in [5, 5.41) is 0. The summed E-state index contributed by atoms with van der Waals surface area (Å²) in [5.41, 5.74) is 1.16. The van der Waals surface area contributed by atoms with E-state index in [1.807, 2.05) is 41.0 Å². The third-order valence-electron chi connectivity index (χ3n) is 5.29. The zero-order valence-electron chi connectivity index (χ0n) is 15.2. The highest BCUT2D eigenvalue weighted by Crippen LogP contribution is 2.27. The van der Waals surface area contributed by atoms with E-state index in [-0.39, 0.29) is 17.7 Å². The summed E-state index contributed by atoms with van der Waals surface area (Å²) in [6.45, 7) is 6.28. The van der Waals surface area contributed by atoms with Gasteiger partial charge >= 0.3 is 0 Å². The number of ether oxygens (including phenoxy) is 1. The predicted octanol–water partition coefficient (Wildman–Crippen LogP) is 2.62. The number of aryl methyl sites for hydroxylation is 1. The fourth-order valence-electron chi connectivity index (χ4n) is 3.71. The molecule has 25 heavy (non-hydrogen) atoms. The first kappa shape index (κ1) is 17.8. The molecule has 2 aliphatic rings. The first-order valence-electron chi connectivity index (χ1n) is 9.35. The van der Waals surface area contributed by atoms with E-state index in [4.69, 9.17) is 4.74 Å². The van der Waals surface area contributed by atoms with Crippen molar-refractivity contribution in [3.8, 4) is 5.75 Å². The fraction of sp³-hybridized carbons (Fsp3) is 0.600. The molecular formula is C20H28N2O3. The van der Waals surface area contributed by atoms with E-state index in [1.54, 1.807) is 6.92 Å². The van der Waals surface area contributed by atoms with Gasteiger partial charge in [0.15, 0.2) is 6.10 Å². The molecule has 0 radical (unpaired) electrons. The summed E-state index contributed by atoms with van der Waals surface area (Å²) in [6, 6.07) is 7.72. The highest BCUT2D eigenvalue weighted by atomic mass is 16.5. The third-order valence-corrected chi connectivity index (χ3v) is 5.29. The lowest BCUT2D eigenvalue weighted by atomic mass is 10.1. The maximum absolute atomic E-state index is 12.6. The maximum atomic E-state index is 12.6. The minimum atomic E-state index is -0.514. The van der Waals surface area contributed by atoms with Gasteiger partial charge in [0.2, 0.25) is 5.91 Å². The van der Waals surface area contributed by atoms with Crippen molar-refractivity contribution in [1.29, 1.82) is 0 Å². The van der Waals surface area contributed by atoms with Crippen LogP contribution in [0.25, 0.3) is 0 Å². The maximum Gasteiger partial charge on any atom is 0.263 e. The van der Waals surface area contributed by atoms with Crippen LogP contribution >= 0.6 is 0 Å². The van der Waals surface area contributed by atoms with Crippen molar-refractivity contribution < 1.29 is 14.3 Å². The minimum absolute atomic E-state index is 0.00598. The number of amides is 2. The first-order chi connectivity index (χ1) is 12.0. The monoisotopic (exact) mass is 344 g/mol. The average Bonchev–Trinajstić information content (AvgIpc) is 3.17. The summed E-state index contributed by atoms with van der Waals surface area (Å²) in [5.74, 6) is 1.20. The molecule has 3 rings (SSSR count). The molecule has 1 heterocycles. The number of piperazine rings is 1. The largest absolute Gasteiger partial charge is 0.481 e. The smallest absolute Gasteiger partial charge is 0.263 e. The van der Waals surface area contributed by atoms with Crippen molar-refractivity contribution in [2.45, 2.75) is 45.6 Å². The predicted molar refractivity (Wildman–Crippen MR) is 96.4 cm³/mol. The Morgan fingerprint density at radius 1 is 1.00 bits per heavy atom. The standard InChI is InChI=1S/C20H28N2O3/c1-15-7-9-18(10-8-15)25-16(2)19(23)21-11-13-22(14-12-21)20(24)17-5-3-4-6-17/h7-10,16-17H,3-6,11-14H2,1-2H3. The summed E-state index contributed by atoms with van der Waals surface area (Å²) in [7, 11) is 0. The van der Waals surface area contributed by atoms with Crippen LogP contribution < -0.4 is 4.74 Å². The lowest BCUT2D eigenvalue weighted by molar-refractivity contribution is -0.145. The Hall–Kier alpha value is -2.04. The molecule has 0 aromatic heterocycles. The number of nitrogens with zero attached hydrogens (tertiary/aromatic N) is 2. The van der Waals surface area contributed by atoms with E-state index in [2.05, 4.69) is 0 Å². The highest BCUT2D eigenvalue weighted by molar-refractivity contribution is 5.82. The van der Waals surface area contributed by atoms with Gasteiger partial charge in [-0.2, -0.15) is 0 Å². The van der Waals surface area contributed by atoms with Crippen LogP contribution in [0.15, 0.2) is 24.3 Å². The molecule has 2 fully saturated rings. The van der Waals surface area contributed by atoms with E-state index in [0.717, 1.165) is 18.4 Å². The molecule has 1 unspecified atom stereocenters. The van der Waals surface area contributed by atoms with Crippen LogP contribution in [-0.4, -0.2) is 53.9 Å². The quantitative estimate of drug-likeness (QED) is 0.844. The van der Waals surface area contributed by atoms with Gasteiger partial charge in [0, 0.05) is 32.1 Å². The lowest BCUT2D eigenvalue weighted by Gasteiger charge is -2.37. The Balaban J connectivity index is 1.48. The van der Waals surface area contributed by atoms with Gasteiger partial charge < -0.3 is 14.5 Å². The normalized spacial score (nSPS) is 19.8. The van der Waals surface area contributed by atoms with Crippen molar-refractivity contribution in [1.82, 2.24) is 9.80 Å². The molecule has 0 bridgehead atoms. The summed E-state index contributed by atoms with van der Waals surface area (Å²) < 4.78 is 5.77. The Kier molecular flexibility index (Phi) is 5.61. The minimum Gasteiger partial charge on any atom is -0.481 e. The van der Waals surface area contributed by atoms with Gasteiger partial charge in [-0.05, 0) is 38.8 Å². The molecular weight excluding hydrogens is 316 g/mol. The molecule has 1 aromatic carbocycles. The number of rotatable bonds is 4. The third kappa shape index (κ3) is 4.33. The van der Waals surface area contributed by atoms with E-state index in [0.29, 0.717) is 31.9 Å². The SMILES string of the molecule is Cc1ccc(OC(C)C(=O)N2CCN(C(=O)C3CCCC3)CC2)cc1. The fourth-order valence-corrected chi connectivity index (χ4v) is 3.71. The van der Waals surface area contributed by atoms with Gasteiger partial charge in [-0.15, -0.1) is 0 Å². The number of benzene rings is 1. The van der Waals surface area contributed by atoms with Crippen molar-refractivity contribution in [2.24, 2.45) is 5.92 Å². The average molecular weight is 344 g/mol. The highest BCUT2D eigenvalue weighted by Gasteiger charge is 2.31. The number of carbonyl (C=O) groups is 2. The second-order valence-corrected chi connectivity index (χ2v) is 7.21. The molecule has 5 heteroatoms. The number of hydrogen-bond acceptors (Lipinski definition) is 3. The van der Waals surface area contributed by atoms with Gasteiger partial charge in [-0.3, -0.25) is 9.59 Å². The lowest BCUT2D eigenvalue weighted by Crippen LogP contribution is -2.54. The van der Waals surface area contributed by atoms with Crippen LogP contribution in [-0.2, 0) is 9.59 Å². The summed E-state index contributed by atoms with van der Waals surface area (Å²) >= 11 is 0. The number of carbonyl (C=O) groups excluding carboxylic acids is 2.